The Labute approximate surface area is 132 Å². The van der Waals surface area contributed by atoms with Gasteiger partial charge in [-0.1, -0.05) is 0 Å². The molecule has 2 aromatic rings. The molecule has 2 heterocycles. The summed E-state index contributed by atoms with van der Waals surface area (Å²) in [5.74, 6) is -0.108. The summed E-state index contributed by atoms with van der Waals surface area (Å²) in [5.41, 5.74) is 1.78. The van der Waals surface area contributed by atoms with Crippen LogP contribution in [-0.4, -0.2) is 34.7 Å². The minimum atomic E-state index is -0.432. The average molecular weight is 326 g/mol. The first-order chi connectivity index (χ1) is 9.72. The third kappa shape index (κ3) is 3.79. The van der Waals surface area contributed by atoms with Crippen LogP contribution in [0.15, 0.2) is 35.8 Å². The van der Waals surface area contributed by atoms with Crippen molar-refractivity contribution in [2.45, 2.75) is 18.6 Å². The lowest BCUT2D eigenvalue weighted by atomic mass is 10.1. The van der Waals surface area contributed by atoms with Gasteiger partial charge in [-0.25, -0.2) is 4.98 Å². The summed E-state index contributed by atoms with van der Waals surface area (Å²) < 4.78 is 0. The number of halogens is 1. The van der Waals surface area contributed by atoms with Gasteiger partial charge in [0.1, 0.15) is 5.01 Å². The highest BCUT2D eigenvalue weighted by Crippen LogP contribution is 2.23. The Balaban J connectivity index is 0.00000161. The fourth-order valence-corrected chi connectivity index (χ4v) is 2.85. The normalized spacial score (nSPS) is 20.8. The third-order valence-corrected chi connectivity index (χ3v) is 4.08. The number of aromatic nitrogens is 1. The summed E-state index contributed by atoms with van der Waals surface area (Å²) in [5, 5.41) is 18.1. The van der Waals surface area contributed by atoms with Gasteiger partial charge in [-0.05, 0) is 30.7 Å². The maximum Gasteiger partial charge on any atom is 0.241 e. The van der Waals surface area contributed by atoms with Crippen molar-refractivity contribution in [3.8, 4) is 10.6 Å². The van der Waals surface area contributed by atoms with Crippen LogP contribution in [0.5, 0.6) is 0 Å². The van der Waals surface area contributed by atoms with E-state index < -0.39 is 6.10 Å². The van der Waals surface area contributed by atoms with Crippen molar-refractivity contribution in [1.82, 2.24) is 10.3 Å². The number of aliphatic hydroxyl groups excluding tert-OH is 1. The Hall–Kier alpha value is -1.47. The second-order valence-electron chi connectivity index (χ2n) is 4.75. The zero-order valence-corrected chi connectivity index (χ0v) is 12.8. The summed E-state index contributed by atoms with van der Waals surface area (Å²) in [6, 6.07) is 7.28. The number of nitrogens with zero attached hydrogens (tertiary/aromatic N) is 1. The van der Waals surface area contributed by atoms with Gasteiger partial charge >= 0.3 is 0 Å². The van der Waals surface area contributed by atoms with E-state index in [0.29, 0.717) is 13.0 Å². The number of anilines is 1. The van der Waals surface area contributed by atoms with E-state index in [1.54, 1.807) is 17.5 Å². The van der Waals surface area contributed by atoms with Crippen LogP contribution in [0.25, 0.3) is 10.6 Å². The predicted molar refractivity (Wildman–Crippen MR) is 85.8 cm³/mol. The molecule has 21 heavy (non-hydrogen) atoms. The second-order valence-corrected chi connectivity index (χ2v) is 5.65. The van der Waals surface area contributed by atoms with Crippen LogP contribution in [0.1, 0.15) is 6.42 Å². The maximum atomic E-state index is 12.0. The van der Waals surface area contributed by atoms with E-state index in [9.17, 15) is 9.90 Å². The van der Waals surface area contributed by atoms with Gasteiger partial charge in [-0.3, -0.25) is 4.79 Å². The van der Waals surface area contributed by atoms with Gasteiger partial charge in [0.2, 0.25) is 5.91 Å². The molecule has 1 fully saturated rings. The molecule has 0 radical (unpaired) electrons. The number of hydrogen-bond donors (Lipinski definition) is 3. The molecule has 5 nitrogen and oxygen atoms in total. The summed E-state index contributed by atoms with van der Waals surface area (Å²) in [6.45, 7) is 0.473. The molecule has 7 heteroatoms. The monoisotopic (exact) mass is 325 g/mol. The number of carbonyl (C=O) groups is 1. The number of rotatable bonds is 3. The lowest BCUT2D eigenvalue weighted by Gasteiger charge is -2.11. The topological polar surface area (TPSA) is 74.2 Å². The molecule has 1 aromatic carbocycles. The van der Waals surface area contributed by atoms with Crippen LogP contribution < -0.4 is 10.6 Å². The zero-order chi connectivity index (χ0) is 13.9. The maximum absolute atomic E-state index is 12.0. The molecule has 0 aliphatic carbocycles. The van der Waals surface area contributed by atoms with E-state index in [1.165, 1.54) is 0 Å². The molecule has 0 bridgehead atoms. The molecule has 0 saturated carbocycles. The Morgan fingerprint density at radius 3 is 2.71 bits per heavy atom. The molecule has 3 N–H and O–H groups in total. The predicted octanol–water partition coefficient (Wildman–Crippen LogP) is 1.89. The molecule has 1 saturated heterocycles. The highest BCUT2D eigenvalue weighted by molar-refractivity contribution is 7.13. The van der Waals surface area contributed by atoms with Gasteiger partial charge < -0.3 is 15.7 Å². The molecule has 1 aromatic heterocycles. The Morgan fingerprint density at radius 1 is 1.38 bits per heavy atom. The molecule has 112 valence electrons. The third-order valence-electron chi connectivity index (χ3n) is 3.26. The van der Waals surface area contributed by atoms with Gasteiger partial charge in [-0.15, -0.1) is 23.7 Å². The molecule has 2 unspecified atom stereocenters. The molecular weight excluding hydrogens is 310 g/mol. The average Bonchev–Trinajstić information content (AvgIpc) is 3.10. The lowest BCUT2D eigenvalue weighted by molar-refractivity contribution is -0.117. The summed E-state index contributed by atoms with van der Waals surface area (Å²) in [4.78, 5) is 16.2. The lowest BCUT2D eigenvalue weighted by Crippen LogP contribution is -2.35. The first kappa shape index (κ1) is 15.9. The number of hydrogen-bond acceptors (Lipinski definition) is 5. The van der Waals surface area contributed by atoms with Crippen molar-refractivity contribution in [3.63, 3.8) is 0 Å². The van der Waals surface area contributed by atoms with Crippen LogP contribution >= 0.6 is 23.7 Å². The largest absolute Gasteiger partial charge is 0.392 e. The van der Waals surface area contributed by atoms with Crippen LogP contribution in [0, 0.1) is 0 Å². The summed E-state index contributed by atoms with van der Waals surface area (Å²) in [6.07, 6.45) is 1.80. The van der Waals surface area contributed by atoms with Crippen LogP contribution in [0.3, 0.4) is 0 Å². The van der Waals surface area contributed by atoms with E-state index in [1.807, 2.05) is 29.6 Å². The number of nitrogens with one attached hydrogen (secondary N) is 2. The number of carbonyl (C=O) groups excluding carboxylic acids is 1. The molecular formula is C14H16ClN3O2S. The zero-order valence-electron chi connectivity index (χ0n) is 11.2. The van der Waals surface area contributed by atoms with Gasteiger partial charge in [0, 0.05) is 29.4 Å². The molecule has 1 aliphatic heterocycles. The van der Waals surface area contributed by atoms with E-state index in [-0.39, 0.29) is 24.4 Å². The van der Waals surface area contributed by atoms with Gasteiger partial charge in [0.15, 0.2) is 0 Å². The van der Waals surface area contributed by atoms with Crippen molar-refractivity contribution >= 4 is 35.3 Å². The fraction of sp³-hybridized carbons (Fsp3) is 0.286. The summed E-state index contributed by atoms with van der Waals surface area (Å²) in [7, 11) is 0. The highest BCUT2D eigenvalue weighted by atomic mass is 35.5. The van der Waals surface area contributed by atoms with E-state index in [0.717, 1.165) is 16.3 Å². The molecule has 0 spiro atoms. The van der Waals surface area contributed by atoms with Crippen LogP contribution in [-0.2, 0) is 4.79 Å². The first-order valence-electron chi connectivity index (χ1n) is 6.44. The van der Waals surface area contributed by atoms with Crippen LogP contribution in [0.4, 0.5) is 5.69 Å². The number of aliphatic hydroxyl groups is 1. The van der Waals surface area contributed by atoms with Gasteiger partial charge in [-0.2, -0.15) is 0 Å². The number of amides is 1. The Morgan fingerprint density at radius 2 is 2.14 bits per heavy atom. The highest BCUT2D eigenvalue weighted by Gasteiger charge is 2.27. The molecule has 2 atom stereocenters. The minimum absolute atomic E-state index is 0. The van der Waals surface area contributed by atoms with E-state index >= 15 is 0 Å². The van der Waals surface area contributed by atoms with Crippen molar-refractivity contribution in [3.05, 3.63) is 35.8 Å². The quantitative estimate of drug-likeness (QED) is 0.805. The minimum Gasteiger partial charge on any atom is -0.392 e. The SMILES string of the molecule is Cl.O=C(Nc1ccc(-c2nccs2)cc1)C1CC(O)CN1. The Kier molecular flexibility index (Phi) is 5.30. The van der Waals surface area contributed by atoms with Gasteiger partial charge in [0.05, 0.1) is 12.1 Å². The molecule has 1 aliphatic rings. The number of β-amino-alcohol motifs (C(OH)–C–C–N with tert-alkyl or cyclic N) is 1. The first-order valence-corrected chi connectivity index (χ1v) is 7.32. The standard InChI is InChI=1S/C14H15N3O2S.ClH/c18-11-7-12(16-8-11)13(19)17-10-3-1-9(2-4-10)14-15-5-6-20-14;/h1-6,11-12,16,18H,7-8H2,(H,17,19);1H. The van der Waals surface area contributed by atoms with Crippen LogP contribution in [0.2, 0.25) is 0 Å². The molecule has 3 rings (SSSR count). The number of thiazole rings is 1. The summed E-state index contributed by atoms with van der Waals surface area (Å²) >= 11 is 1.58. The molecule has 1 amide bonds. The Bertz CT molecular complexity index is 589. The van der Waals surface area contributed by atoms with Crippen molar-refractivity contribution < 1.29 is 9.90 Å². The van der Waals surface area contributed by atoms with Gasteiger partial charge in [0.25, 0.3) is 0 Å². The number of benzene rings is 1. The second kappa shape index (κ2) is 7.00. The van der Waals surface area contributed by atoms with Crippen molar-refractivity contribution in [1.29, 1.82) is 0 Å². The van der Waals surface area contributed by atoms with E-state index in [4.69, 9.17) is 0 Å². The van der Waals surface area contributed by atoms with Crippen molar-refractivity contribution in [2.75, 3.05) is 11.9 Å². The van der Waals surface area contributed by atoms with Crippen molar-refractivity contribution in [2.24, 2.45) is 0 Å². The fourth-order valence-electron chi connectivity index (χ4n) is 2.21. The van der Waals surface area contributed by atoms with E-state index in [2.05, 4.69) is 15.6 Å². The smallest absolute Gasteiger partial charge is 0.241 e.